The summed E-state index contributed by atoms with van der Waals surface area (Å²) < 4.78 is 12.9. The van der Waals surface area contributed by atoms with Gasteiger partial charge in [-0.15, -0.1) is 0 Å². The quantitative estimate of drug-likeness (QED) is 0.487. The Morgan fingerprint density at radius 2 is 1.78 bits per heavy atom. The van der Waals surface area contributed by atoms with Gasteiger partial charge in [0.05, 0.1) is 12.2 Å². The van der Waals surface area contributed by atoms with Crippen LogP contribution >= 0.6 is 0 Å². The Kier molecular flexibility index (Phi) is 7.20. The summed E-state index contributed by atoms with van der Waals surface area (Å²) in [5.41, 5.74) is 1.60. The van der Waals surface area contributed by atoms with Gasteiger partial charge >= 0.3 is 0 Å². The lowest BCUT2D eigenvalue weighted by molar-refractivity contribution is -0.122. The molecule has 0 bridgehead atoms. The largest absolute Gasteiger partial charge is 0.376 e. The van der Waals surface area contributed by atoms with Gasteiger partial charge in [0.25, 0.3) is 5.91 Å². The number of ether oxygens (including phenoxy) is 2. The molecule has 0 saturated carbocycles. The van der Waals surface area contributed by atoms with Crippen molar-refractivity contribution in [2.45, 2.75) is 44.4 Å². The van der Waals surface area contributed by atoms with Crippen molar-refractivity contribution < 1.29 is 19.1 Å². The Hall–Kier alpha value is -3.15. The number of benzene rings is 1. The van der Waals surface area contributed by atoms with Gasteiger partial charge in [-0.1, -0.05) is 18.2 Å². The van der Waals surface area contributed by atoms with Gasteiger partial charge in [0.2, 0.25) is 5.91 Å². The summed E-state index contributed by atoms with van der Waals surface area (Å²) in [6.45, 7) is 2.51. The number of fused-ring (bicyclic) bond motifs is 1. The topological polar surface area (TPSA) is 105 Å². The summed E-state index contributed by atoms with van der Waals surface area (Å²) in [6, 6.07) is 9.63. The van der Waals surface area contributed by atoms with Crippen LogP contribution in [0.1, 0.15) is 31.2 Å². The first-order chi connectivity index (χ1) is 15.6. The molecule has 2 saturated heterocycles. The van der Waals surface area contributed by atoms with Gasteiger partial charge in [-0.25, -0.2) is 0 Å². The standard InChI is InChI=1S/C24H28N4O4/c25-12-17(24(30)27-14-20-6-4-10-32-20)11-18-15-28(22-8-2-1-7-21(18)22)16-23(29)26-13-19-5-3-9-31-19/h1-2,7-8,11,15,19-20H,3-6,9-10,13-14,16H2,(H,26,29)(H,27,30)/b17-11+/t19-,20+/m0/s1. The van der Waals surface area contributed by atoms with E-state index >= 15 is 0 Å². The second-order valence-corrected chi connectivity index (χ2v) is 8.18. The highest BCUT2D eigenvalue weighted by molar-refractivity contribution is 6.04. The molecular formula is C24H28N4O4. The molecule has 32 heavy (non-hydrogen) atoms. The summed E-state index contributed by atoms with van der Waals surface area (Å²) in [7, 11) is 0. The van der Waals surface area contributed by atoms with E-state index in [-0.39, 0.29) is 30.2 Å². The predicted molar refractivity (Wildman–Crippen MR) is 119 cm³/mol. The van der Waals surface area contributed by atoms with Gasteiger partial charge in [-0.05, 0) is 37.8 Å². The average molecular weight is 437 g/mol. The maximum absolute atomic E-state index is 12.5. The fraction of sp³-hybridized carbons (Fsp3) is 0.458. The molecule has 0 spiro atoms. The van der Waals surface area contributed by atoms with Crippen LogP contribution in [0.4, 0.5) is 0 Å². The Labute approximate surface area is 187 Å². The first-order valence-corrected chi connectivity index (χ1v) is 11.1. The number of amides is 2. The molecule has 0 aliphatic carbocycles. The summed E-state index contributed by atoms with van der Waals surface area (Å²) in [6.07, 6.45) is 7.37. The van der Waals surface area contributed by atoms with Crippen LogP contribution in [0.15, 0.2) is 36.0 Å². The van der Waals surface area contributed by atoms with E-state index in [4.69, 9.17) is 9.47 Å². The fourth-order valence-corrected chi connectivity index (χ4v) is 4.18. The molecule has 2 N–H and O–H groups in total. The second kappa shape index (κ2) is 10.4. The number of hydrogen-bond acceptors (Lipinski definition) is 5. The van der Waals surface area contributed by atoms with E-state index in [1.54, 1.807) is 12.3 Å². The maximum Gasteiger partial charge on any atom is 0.262 e. The molecule has 1 aromatic heterocycles. The highest BCUT2D eigenvalue weighted by atomic mass is 16.5. The Balaban J connectivity index is 1.47. The van der Waals surface area contributed by atoms with Gasteiger partial charge in [0.1, 0.15) is 18.2 Å². The van der Waals surface area contributed by atoms with Crippen LogP contribution in [0.5, 0.6) is 0 Å². The number of carbonyl (C=O) groups excluding carboxylic acids is 2. The zero-order valence-corrected chi connectivity index (χ0v) is 18.0. The van der Waals surface area contributed by atoms with Crippen LogP contribution < -0.4 is 10.6 Å². The molecule has 3 heterocycles. The van der Waals surface area contributed by atoms with Gasteiger partial charge in [-0.3, -0.25) is 9.59 Å². The highest BCUT2D eigenvalue weighted by Gasteiger charge is 2.19. The minimum absolute atomic E-state index is 0.00829. The van der Waals surface area contributed by atoms with E-state index in [1.165, 1.54) is 0 Å². The fourth-order valence-electron chi connectivity index (χ4n) is 4.18. The average Bonchev–Trinajstić information content (AvgIpc) is 3.57. The molecule has 0 radical (unpaired) electrons. The molecule has 2 aromatic rings. The minimum atomic E-state index is -0.422. The number of aromatic nitrogens is 1. The first kappa shape index (κ1) is 22.1. The van der Waals surface area contributed by atoms with Crippen molar-refractivity contribution in [3.05, 3.63) is 41.6 Å². The molecular weight excluding hydrogens is 408 g/mol. The molecule has 4 rings (SSSR count). The molecule has 8 heteroatoms. The van der Waals surface area contributed by atoms with Gasteiger partial charge in [0.15, 0.2) is 0 Å². The predicted octanol–water partition coefficient (Wildman–Crippen LogP) is 2.14. The van der Waals surface area contributed by atoms with E-state index < -0.39 is 5.91 Å². The van der Waals surface area contributed by atoms with Crippen LogP contribution in [-0.2, 0) is 25.6 Å². The molecule has 2 fully saturated rings. The molecule has 0 unspecified atom stereocenters. The number of hydrogen-bond donors (Lipinski definition) is 2. The van der Waals surface area contributed by atoms with Crippen LogP contribution in [-0.4, -0.2) is 54.9 Å². The smallest absolute Gasteiger partial charge is 0.262 e. The third-order valence-corrected chi connectivity index (χ3v) is 5.86. The third kappa shape index (κ3) is 5.36. The van der Waals surface area contributed by atoms with Crippen LogP contribution in [0.3, 0.4) is 0 Å². The molecule has 2 atom stereocenters. The minimum Gasteiger partial charge on any atom is -0.376 e. The Morgan fingerprint density at radius 1 is 1.09 bits per heavy atom. The summed E-state index contributed by atoms with van der Waals surface area (Å²) in [4.78, 5) is 25.0. The lowest BCUT2D eigenvalue weighted by Crippen LogP contribution is -2.34. The lowest BCUT2D eigenvalue weighted by Gasteiger charge is -2.11. The van der Waals surface area contributed by atoms with Crippen molar-refractivity contribution in [3.8, 4) is 6.07 Å². The van der Waals surface area contributed by atoms with Crippen LogP contribution in [0.25, 0.3) is 17.0 Å². The van der Waals surface area contributed by atoms with Crippen molar-refractivity contribution in [1.82, 2.24) is 15.2 Å². The van der Waals surface area contributed by atoms with Crippen molar-refractivity contribution in [2.24, 2.45) is 0 Å². The van der Waals surface area contributed by atoms with Gasteiger partial charge in [0, 0.05) is 49.0 Å². The summed E-state index contributed by atoms with van der Waals surface area (Å²) in [5, 5.41) is 16.1. The monoisotopic (exact) mass is 436 g/mol. The number of para-hydroxylation sites is 1. The summed E-state index contributed by atoms with van der Waals surface area (Å²) >= 11 is 0. The van der Waals surface area contributed by atoms with Crippen LogP contribution in [0, 0.1) is 11.3 Å². The SMILES string of the molecule is N#C/C(=C\c1cn(CC(=O)NC[C@@H]2CCCO2)c2ccccc12)C(=O)NC[C@H]1CCCO1. The van der Waals surface area contributed by atoms with Crippen molar-refractivity contribution in [1.29, 1.82) is 5.26 Å². The Bertz CT molecular complexity index is 1040. The second-order valence-electron chi connectivity index (χ2n) is 8.18. The van der Waals surface area contributed by atoms with Crippen LogP contribution in [0.2, 0.25) is 0 Å². The van der Waals surface area contributed by atoms with Gasteiger partial charge in [-0.2, -0.15) is 5.26 Å². The number of carbonyl (C=O) groups is 2. The van der Waals surface area contributed by atoms with E-state index in [9.17, 15) is 14.9 Å². The zero-order valence-electron chi connectivity index (χ0n) is 18.0. The molecule has 1 aromatic carbocycles. The molecule has 2 aliphatic rings. The molecule has 2 aliphatic heterocycles. The number of nitrogens with one attached hydrogen (secondary N) is 2. The Morgan fingerprint density at radius 3 is 2.44 bits per heavy atom. The van der Waals surface area contributed by atoms with E-state index in [1.807, 2.05) is 34.9 Å². The summed E-state index contributed by atoms with van der Waals surface area (Å²) in [5.74, 6) is -0.527. The normalized spacial score (nSPS) is 20.9. The molecule has 168 valence electrons. The van der Waals surface area contributed by atoms with E-state index in [0.29, 0.717) is 19.7 Å². The third-order valence-electron chi connectivity index (χ3n) is 5.86. The molecule has 2 amide bonds. The van der Waals surface area contributed by atoms with E-state index in [0.717, 1.165) is 48.8 Å². The number of nitriles is 1. The lowest BCUT2D eigenvalue weighted by atomic mass is 10.1. The highest BCUT2D eigenvalue weighted by Crippen LogP contribution is 2.24. The zero-order chi connectivity index (χ0) is 22.3. The van der Waals surface area contributed by atoms with E-state index in [2.05, 4.69) is 10.6 Å². The van der Waals surface area contributed by atoms with Crippen molar-refractivity contribution >= 4 is 28.8 Å². The maximum atomic E-state index is 12.5. The van der Waals surface area contributed by atoms with Crippen molar-refractivity contribution in [3.63, 3.8) is 0 Å². The molecule has 8 nitrogen and oxygen atoms in total. The number of rotatable bonds is 8. The number of nitrogens with zero attached hydrogens (tertiary/aromatic N) is 2. The first-order valence-electron chi connectivity index (χ1n) is 11.1. The van der Waals surface area contributed by atoms with Crippen molar-refractivity contribution in [2.75, 3.05) is 26.3 Å². The van der Waals surface area contributed by atoms with Gasteiger partial charge < -0.3 is 24.7 Å².